The van der Waals surface area contributed by atoms with Crippen LogP contribution in [0.25, 0.3) is 0 Å². The molecule has 0 aliphatic heterocycles. The van der Waals surface area contributed by atoms with Gasteiger partial charge in [-0.2, -0.15) is 0 Å². The SMILES string of the molecule is CCOc1ccc(C(O)C2(O)CCCC2)cc1. The van der Waals surface area contributed by atoms with Crippen LogP contribution in [-0.4, -0.2) is 22.4 Å². The molecule has 1 aromatic carbocycles. The van der Waals surface area contributed by atoms with E-state index in [1.165, 1.54) is 0 Å². The van der Waals surface area contributed by atoms with Gasteiger partial charge in [-0.3, -0.25) is 0 Å². The lowest BCUT2D eigenvalue weighted by Crippen LogP contribution is -2.32. The minimum atomic E-state index is -0.937. The molecule has 1 aliphatic carbocycles. The molecule has 0 heterocycles. The Kier molecular flexibility index (Phi) is 3.69. The normalized spacial score (nSPS) is 20.2. The summed E-state index contributed by atoms with van der Waals surface area (Å²) in [5.74, 6) is 0.793. The van der Waals surface area contributed by atoms with Gasteiger partial charge in [0.2, 0.25) is 0 Å². The van der Waals surface area contributed by atoms with Crippen LogP contribution in [0, 0.1) is 0 Å². The van der Waals surface area contributed by atoms with Crippen LogP contribution in [0.4, 0.5) is 0 Å². The zero-order chi connectivity index (χ0) is 12.3. The Hall–Kier alpha value is -1.06. The van der Waals surface area contributed by atoms with Crippen LogP contribution < -0.4 is 4.74 Å². The summed E-state index contributed by atoms with van der Waals surface area (Å²) in [6.45, 7) is 2.57. The second-order valence-electron chi connectivity index (χ2n) is 4.72. The zero-order valence-electron chi connectivity index (χ0n) is 10.2. The smallest absolute Gasteiger partial charge is 0.119 e. The molecule has 1 aliphatic rings. The van der Waals surface area contributed by atoms with Gasteiger partial charge in [0.15, 0.2) is 0 Å². The van der Waals surface area contributed by atoms with E-state index in [4.69, 9.17) is 4.74 Å². The molecule has 2 N–H and O–H groups in total. The molecule has 1 unspecified atom stereocenters. The van der Waals surface area contributed by atoms with Crippen LogP contribution in [0.5, 0.6) is 5.75 Å². The van der Waals surface area contributed by atoms with Crippen molar-refractivity contribution >= 4 is 0 Å². The van der Waals surface area contributed by atoms with Gasteiger partial charge in [0.1, 0.15) is 11.9 Å². The monoisotopic (exact) mass is 236 g/mol. The molecule has 1 saturated carbocycles. The van der Waals surface area contributed by atoms with Crippen molar-refractivity contribution in [3.8, 4) is 5.75 Å². The lowest BCUT2D eigenvalue weighted by molar-refractivity contribution is -0.0719. The van der Waals surface area contributed by atoms with Gasteiger partial charge in [0, 0.05) is 0 Å². The highest BCUT2D eigenvalue weighted by Gasteiger charge is 2.39. The molecule has 3 nitrogen and oxygen atoms in total. The lowest BCUT2D eigenvalue weighted by Gasteiger charge is -2.28. The summed E-state index contributed by atoms with van der Waals surface area (Å²) in [6.07, 6.45) is 2.55. The maximum absolute atomic E-state index is 10.3. The van der Waals surface area contributed by atoms with Crippen molar-refractivity contribution in [3.05, 3.63) is 29.8 Å². The Bertz CT molecular complexity index is 352. The number of hydrogen-bond acceptors (Lipinski definition) is 3. The lowest BCUT2D eigenvalue weighted by atomic mass is 9.89. The van der Waals surface area contributed by atoms with Crippen LogP contribution in [0.1, 0.15) is 44.3 Å². The fraction of sp³-hybridized carbons (Fsp3) is 0.571. The molecule has 0 spiro atoms. The van der Waals surface area contributed by atoms with Crippen molar-refractivity contribution in [2.45, 2.75) is 44.3 Å². The van der Waals surface area contributed by atoms with Crippen molar-refractivity contribution in [1.29, 1.82) is 0 Å². The average Bonchev–Trinajstić information content (AvgIpc) is 2.78. The molecule has 1 aromatic rings. The average molecular weight is 236 g/mol. The van der Waals surface area contributed by atoms with E-state index in [1.807, 2.05) is 31.2 Å². The highest BCUT2D eigenvalue weighted by Crippen LogP contribution is 2.39. The van der Waals surface area contributed by atoms with Crippen molar-refractivity contribution in [2.75, 3.05) is 6.61 Å². The third kappa shape index (κ3) is 2.61. The number of aliphatic hydroxyl groups is 2. The third-order valence-corrected chi connectivity index (χ3v) is 3.49. The first-order valence-corrected chi connectivity index (χ1v) is 6.29. The minimum Gasteiger partial charge on any atom is -0.494 e. The summed E-state index contributed by atoms with van der Waals surface area (Å²) in [5, 5.41) is 20.5. The largest absolute Gasteiger partial charge is 0.494 e. The van der Waals surface area contributed by atoms with Gasteiger partial charge in [0.25, 0.3) is 0 Å². The maximum atomic E-state index is 10.3. The summed E-state index contributed by atoms with van der Waals surface area (Å²) in [4.78, 5) is 0. The van der Waals surface area contributed by atoms with Gasteiger partial charge in [-0.05, 0) is 37.5 Å². The fourth-order valence-corrected chi connectivity index (χ4v) is 2.48. The Labute approximate surface area is 102 Å². The Morgan fingerprint density at radius 3 is 2.35 bits per heavy atom. The van der Waals surface area contributed by atoms with Crippen LogP contribution in [-0.2, 0) is 0 Å². The second-order valence-corrected chi connectivity index (χ2v) is 4.72. The van der Waals surface area contributed by atoms with E-state index in [0.29, 0.717) is 19.4 Å². The van der Waals surface area contributed by atoms with E-state index in [2.05, 4.69) is 0 Å². The van der Waals surface area contributed by atoms with Crippen LogP contribution in [0.2, 0.25) is 0 Å². The molecular formula is C14H20O3. The van der Waals surface area contributed by atoms with E-state index >= 15 is 0 Å². The Balaban J connectivity index is 2.11. The van der Waals surface area contributed by atoms with E-state index in [9.17, 15) is 10.2 Å². The number of rotatable bonds is 4. The van der Waals surface area contributed by atoms with E-state index in [0.717, 1.165) is 24.2 Å². The molecule has 0 amide bonds. The summed E-state index contributed by atoms with van der Waals surface area (Å²) in [6, 6.07) is 7.32. The molecule has 2 rings (SSSR count). The van der Waals surface area contributed by atoms with E-state index < -0.39 is 11.7 Å². The highest BCUT2D eigenvalue weighted by atomic mass is 16.5. The molecule has 1 atom stereocenters. The third-order valence-electron chi connectivity index (χ3n) is 3.49. The summed E-state index contributed by atoms with van der Waals surface area (Å²) in [5.41, 5.74) is -0.175. The first kappa shape index (κ1) is 12.4. The molecular weight excluding hydrogens is 216 g/mol. The Morgan fingerprint density at radius 1 is 1.24 bits per heavy atom. The van der Waals surface area contributed by atoms with E-state index in [-0.39, 0.29) is 0 Å². The van der Waals surface area contributed by atoms with Crippen LogP contribution in [0.3, 0.4) is 0 Å². The van der Waals surface area contributed by atoms with Gasteiger partial charge in [-0.15, -0.1) is 0 Å². The number of ether oxygens (including phenoxy) is 1. The topological polar surface area (TPSA) is 49.7 Å². The molecule has 0 saturated heterocycles. The summed E-state index contributed by atoms with van der Waals surface area (Å²) < 4.78 is 5.35. The minimum absolute atomic E-state index is 0.631. The van der Waals surface area contributed by atoms with Gasteiger partial charge in [0.05, 0.1) is 12.2 Å². The molecule has 0 aromatic heterocycles. The predicted molar refractivity (Wildman–Crippen MR) is 66.0 cm³/mol. The van der Waals surface area contributed by atoms with Gasteiger partial charge < -0.3 is 14.9 Å². The molecule has 0 bridgehead atoms. The Morgan fingerprint density at radius 2 is 1.82 bits per heavy atom. The predicted octanol–water partition coefficient (Wildman–Crippen LogP) is 2.42. The number of aliphatic hydroxyl groups excluding tert-OH is 1. The molecule has 0 radical (unpaired) electrons. The first-order chi connectivity index (χ1) is 8.15. The highest BCUT2D eigenvalue weighted by molar-refractivity contribution is 5.30. The summed E-state index contributed by atoms with van der Waals surface area (Å²) >= 11 is 0. The second kappa shape index (κ2) is 5.07. The zero-order valence-corrected chi connectivity index (χ0v) is 10.2. The molecule has 94 valence electrons. The standard InChI is InChI=1S/C14H20O3/c1-2-17-12-7-5-11(6-8-12)13(15)14(16)9-3-4-10-14/h5-8,13,15-16H,2-4,9-10H2,1H3. The molecule has 3 heteroatoms. The van der Waals surface area contributed by atoms with Crippen molar-refractivity contribution in [2.24, 2.45) is 0 Å². The van der Waals surface area contributed by atoms with Gasteiger partial charge in [-0.25, -0.2) is 0 Å². The van der Waals surface area contributed by atoms with Crippen molar-refractivity contribution in [3.63, 3.8) is 0 Å². The maximum Gasteiger partial charge on any atom is 0.119 e. The number of hydrogen-bond donors (Lipinski definition) is 2. The van der Waals surface area contributed by atoms with Gasteiger partial charge in [-0.1, -0.05) is 25.0 Å². The van der Waals surface area contributed by atoms with E-state index in [1.54, 1.807) is 0 Å². The van der Waals surface area contributed by atoms with Crippen molar-refractivity contribution in [1.82, 2.24) is 0 Å². The van der Waals surface area contributed by atoms with Crippen molar-refractivity contribution < 1.29 is 14.9 Å². The van der Waals surface area contributed by atoms with Crippen LogP contribution in [0.15, 0.2) is 24.3 Å². The summed E-state index contributed by atoms with van der Waals surface area (Å²) in [7, 11) is 0. The molecule has 1 fully saturated rings. The first-order valence-electron chi connectivity index (χ1n) is 6.29. The quantitative estimate of drug-likeness (QED) is 0.844. The fourth-order valence-electron chi connectivity index (χ4n) is 2.48. The molecule has 17 heavy (non-hydrogen) atoms. The van der Waals surface area contributed by atoms with Crippen LogP contribution >= 0.6 is 0 Å². The number of benzene rings is 1. The van der Waals surface area contributed by atoms with Gasteiger partial charge >= 0.3 is 0 Å².